The van der Waals surface area contributed by atoms with E-state index >= 15 is 0 Å². The van der Waals surface area contributed by atoms with Crippen molar-refractivity contribution >= 4 is 11.0 Å². The molecule has 2 heterocycles. The summed E-state index contributed by atoms with van der Waals surface area (Å²) in [6, 6.07) is 11.1. The summed E-state index contributed by atoms with van der Waals surface area (Å²) in [4.78, 5) is 29.8. The zero-order chi connectivity index (χ0) is 18.7. The molecule has 0 spiro atoms. The summed E-state index contributed by atoms with van der Waals surface area (Å²) in [6.07, 6.45) is 1.58. The molecule has 0 saturated heterocycles. The molecular formula is C19H22N4O3. The van der Waals surface area contributed by atoms with Crippen LogP contribution in [0, 0.1) is 0 Å². The van der Waals surface area contributed by atoms with E-state index in [4.69, 9.17) is 0 Å². The molecular weight excluding hydrogens is 332 g/mol. The summed E-state index contributed by atoms with van der Waals surface area (Å²) in [5.41, 5.74) is 1.24. The van der Waals surface area contributed by atoms with E-state index in [0.717, 1.165) is 11.1 Å². The van der Waals surface area contributed by atoms with Crippen LogP contribution in [0.2, 0.25) is 0 Å². The predicted octanol–water partition coefficient (Wildman–Crippen LogP) is 0.961. The van der Waals surface area contributed by atoms with E-state index in [1.54, 1.807) is 19.3 Å². The van der Waals surface area contributed by atoms with Gasteiger partial charge < -0.3 is 5.11 Å². The van der Waals surface area contributed by atoms with Crippen LogP contribution in [0.15, 0.2) is 52.2 Å². The normalized spacial score (nSPS) is 12.4. The number of aromatic nitrogens is 3. The van der Waals surface area contributed by atoms with Gasteiger partial charge in [-0.3, -0.25) is 19.2 Å². The summed E-state index contributed by atoms with van der Waals surface area (Å²) in [5.74, 6) is 0. The van der Waals surface area contributed by atoms with E-state index < -0.39 is 11.9 Å². The van der Waals surface area contributed by atoms with Crippen molar-refractivity contribution in [3.05, 3.63) is 74.6 Å². The number of hydrogen-bond acceptors (Lipinski definition) is 5. The van der Waals surface area contributed by atoms with Gasteiger partial charge in [-0.05, 0) is 23.6 Å². The number of aryl methyl sites for hydroxylation is 1. The molecule has 0 radical (unpaired) electrons. The standard InChI is InChI=1S/C19H22N4O3/c1-3-16(24)20-10-14-9-15-17(21-11-14)22(2)19(26)23(18(15)25)12-13-7-5-4-6-8-13/h4-9,11,16,20,24H,3,10,12H2,1-2H3/t16-/m1/s1. The molecule has 7 heteroatoms. The number of aliphatic hydroxyl groups excluding tert-OH is 1. The van der Waals surface area contributed by atoms with Crippen LogP contribution in [-0.2, 0) is 20.1 Å². The Morgan fingerprint density at radius 2 is 1.92 bits per heavy atom. The molecule has 7 nitrogen and oxygen atoms in total. The van der Waals surface area contributed by atoms with Gasteiger partial charge in [0.1, 0.15) is 11.9 Å². The number of nitrogens with zero attached hydrogens (tertiary/aromatic N) is 3. The van der Waals surface area contributed by atoms with Crippen LogP contribution in [0.25, 0.3) is 11.0 Å². The summed E-state index contributed by atoms with van der Waals surface area (Å²) in [6.45, 7) is 2.46. The highest BCUT2D eigenvalue weighted by atomic mass is 16.3. The second-order valence-corrected chi connectivity index (χ2v) is 6.24. The van der Waals surface area contributed by atoms with E-state index in [1.807, 2.05) is 37.3 Å². The third-order valence-electron chi connectivity index (χ3n) is 4.35. The quantitative estimate of drug-likeness (QED) is 0.644. The lowest BCUT2D eigenvalue weighted by Gasteiger charge is -2.13. The lowest BCUT2D eigenvalue weighted by molar-refractivity contribution is 0.131. The predicted molar refractivity (Wildman–Crippen MR) is 99.9 cm³/mol. The first-order valence-corrected chi connectivity index (χ1v) is 8.55. The van der Waals surface area contributed by atoms with Crippen LogP contribution in [0.3, 0.4) is 0 Å². The zero-order valence-electron chi connectivity index (χ0n) is 14.8. The minimum Gasteiger partial charge on any atom is -0.379 e. The van der Waals surface area contributed by atoms with Crippen molar-refractivity contribution in [1.29, 1.82) is 0 Å². The third-order valence-corrected chi connectivity index (χ3v) is 4.35. The lowest BCUT2D eigenvalue weighted by atomic mass is 10.2. The van der Waals surface area contributed by atoms with Crippen LogP contribution in [-0.4, -0.2) is 25.5 Å². The number of benzene rings is 1. The van der Waals surface area contributed by atoms with Gasteiger partial charge in [-0.2, -0.15) is 0 Å². The maximum absolute atomic E-state index is 12.9. The topological polar surface area (TPSA) is 89.2 Å². The van der Waals surface area contributed by atoms with Gasteiger partial charge in [-0.1, -0.05) is 37.3 Å². The summed E-state index contributed by atoms with van der Waals surface area (Å²) in [5, 5.41) is 13.0. The Bertz CT molecular complexity index is 1020. The minimum atomic E-state index is -0.611. The van der Waals surface area contributed by atoms with Crippen LogP contribution in [0.5, 0.6) is 0 Å². The monoisotopic (exact) mass is 354 g/mol. The molecule has 3 aromatic rings. The zero-order valence-corrected chi connectivity index (χ0v) is 14.8. The Hall–Kier alpha value is -2.77. The molecule has 1 atom stereocenters. The maximum atomic E-state index is 12.9. The van der Waals surface area contributed by atoms with Crippen molar-refractivity contribution in [2.75, 3.05) is 0 Å². The van der Waals surface area contributed by atoms with Crippen molar-refractivity contribution in [2.24, 2.45) is 7.05 Å². The molecule has 0 saturated carbocycles. The first-order chi connectivity index (χ1) is 12.5. The number of hydrogen-bond donors (Lipinski definition) is 2. The van der Waals surface area contributed by atoms with E-state index in [1.165, 1.54) is 9.13 Å². The second kappa shape index (κ2) is 7.63. The van der Waals surface area contributed by atoms with Crippen molar-refractivity contribution in [1.82, 2.24) is 19.4 Å². The van der Waals surface area contributed by atoms with Crippen molar-refractivity contribution in [3.63, 3.8) is 0 Å². The molecule has 0 aliphatic heterocycles. The van der Waals surface area contributed by atoms with Gasteiger partial charge in [0.25, 0.3) is 5.56 Å². The molecule has 0 amide bonds. The van der Waals surface area contributed by atoms with Gasteiger partial charge in [0, 0.05) is 19.8 Å². The minimum absolute atomic E-state index is 0.208. The average Bonchev–Trinajstić information content (AvgIpc) is 2.68. The van der Waals surface area contributed by atoms with Crippen molar-refractivity contribution in [3.8, 4) is 0 Å². The highest BCUT2D eigenvalue weighted by molar-refractivity contribution is 5.74. The van der Waals surface area contributed by atoms with E-state index in [2.05, 4.69) is 10.3 Å². The highest BCUT2D eigenvalue weighted by Crippen LogP contribution is 2.08. The average molecular weight is 354 g/mol. The largest absolute Gasteiger partial charge is 0.379 e. The van der Waals surface area contributed by atoms with E-state index in [-0.39, 0.29) is 12.1 Å². The van der Waals surface area contributed by atoms with Crippen molar-refractivity contribution < 1.29 is 5.11 Å². The Labute approximate surface area is 150 Å². The Balaban J connectivity index is 2.06. The number of nitrogens with one attached hydrogen (secondary N) is 1. The molecule has 26 heavy (non-hydrogen) atoms. The highest BCUT2D eigenvalue weighted by Gasteiger charge is 2.13. The van der Waals surface area contributed by atoms with Crippen molar-refractivity contribution in [2.45, 2.75) is 32.7 Å². The Kier molecular flexibility index (Phi) is 5.29. The summed E-state index contributed by atoms with van der Waals surface area (Å²) in [7, 11) is 1.61. The fourth-order valence-electron chi connectivity index (χ4n) is 2.81. The van der Waals surface area contributed by atoms with Gasteiger partial charge in [0.2, 0.25) is 0 Å². The Morgan fingerprint density at radius 3 is 2.62 bits per heavy atom. The molecule has 0 unspecified atom stereocenters. The molecule has 0 bridgehead atoms. The van der Waals surface area contributed by atoms with Crippen LogP contribution >= 0.6 is 0 Å². The molecule has 1 aromatic carbocycles. The van der Waals surface area contributed by atoms with E-state index in [0.29, 0.717) is 24.0 Å². The van der Waals surface area contributed by atoms with E-state index in [9.17, 15) is 14.7 Å². The summed E-state index contributed by atoms with van der Waals surface area (Å²) < 4.78 is 2.61. The molecule has 0 aliphatic carbocycles. The molecule has 3 rings (SSSR count). The first kappa shape index (κ1) is 18.0. The van der Waals surface area contributed by atoms with Gasteiger partial charge in [-0.25, -0.2) is 9.78 Å². The summed E-state index contributed by atoms with van der Waals surface area (Å²) >= 11 is 0. The number of fused-ring (bicyclic) bond motifs is 1. The molecule has 136 valence electrons. The molecule has 0 fully saturated rings. The molecule has 2 aromatic heterocycles. The van der Waals surface area contributed by atoms with Crippen LogP contribution in [0.1, 0.15) is 24.5 Å². The van der Waals surface area contributed by atoms with Gasteiger partial charge >= 0.3 is 5.69 Å². The molecule has 2 N–H and O–H groups in total. The lowest BCUT2D eigenvalue weighted by Crippen LogP contribution is -2.39. The Morgan fingerprint density at radius 1 is 1.19 bits per heavy atom. The van der Waals surface area contributed by atoms with Crippen LogP contribution < -0.4 is 16.6 Å². The fourth-order valence-corrected chi connectivity index (χ4v) is 2.81. The maximum Gasteiger partial charge on any atom is 0.332 e. The van der Waals surface area contributed by atoms with Gasteiger partial charge in [0.05, 0.1) is 11.9 Å². The number of pyridine rings is 1. The van der Waals surface area contributed by atoms with Gasteiger partial charge in [0.15, 0.2) is 0 Å². The second-order valence-electron chi connectivity index (χ2n) is 6.24. The fraction of sp³-hybridized carbons (Fsp3) is 0.316. The molecule has 0 aliphatic rings. The SMILES string of the molecule is CC[C@@H](O)NCc1cnc2c(c1)c(=O)n(Cc1ccccc1)c(=O)n2C. The first-order valence-electron chi connectivity index (χ1n) is 8.55. The third kappa shape index (κ3) is 3.58. The number of aliphatic hydroxyl groups is 1. The smallest absolute Gasteiger partial charge is 0.332 e. The van der Waals surface area contributed by atoms with Crippen LogP contribution in [0.4, 0.5) is 0 Å². The number of rotatable bonds is 6. The van der Waals surface area contributed by atoms with Gasteiger partial charge in [-0.15, -0.1) is 0 Å².